The van der Waals surface area contributed by atoms with Gasteiger partial charge in [-0.2, -0.15) is 0 Å². The van der Waals surface area contributed by atoms with Gasteiger partial charge in [0.25, 0.3) is 5.91 Å². The second-order valence-corrected chi connectivity index (χ2v) is 5.68. The molecule has 1 saturated heterocycles. The van der Waals surface area contributed by atoms with Gasteiger partial charge in [-0.1, -0.05) is 0 Å². The van der Waals surface area contributed by atoms with Crippen molar-refractivity contribution in [1.29, 1.82) is 0 Å². The van der Waals surface area contributed by atoms with Crippen molar-refractivity contribution in [3.63, 3.8) is 0 Å². The molecule has 0 radical (unpaired) electrons. The van der Waals surface area contributed by atoms with Crippen LogP contribution in [0.2, 0.25) is 0 Å². The predicted octanol–water partition coefficient (Wildman–Crippen LogP) is 2.27. The van der Waals surface area contributed by atoms with Crippen LogP contribution in [0.1, 0.15) is 23.2 Å². The molecule has 0 atom stereocenters. The van der Waals surface area contributed by atoms with Crippen LogP contribution >= 0.6 is 0 Å². The quantitative estimate of drug-likeness (QED) is 0.851. The Labute approximate surface area is 141 Å². The number of hydrogen-bond acceptors (Lipinski definition) is 5. The number of anilines is 2. The first-order valence-corrected chi connectivity index (χ1v) is 8.22. The summed E-state index contributed by atoms with van der Waals surface area (Å²) in [5.74, 6) is 1.34. The number of benzene rings is 1. The van der Waals surface area contributed by atoms with Crippen LogP contribution in [0.25, 0.3) is 0 Å². The van der Waals surface area contributed by atoms with E-state index in [9.17, 15) is 4.79 Å². The van der Waals surface area contributed by atoms with E-state index in [1.807, 2.05) is 30.3 Å². The highest BCUT2D eigenvalue weighted by molar-refractivity contribution is 6.07. The van der Waals surface area contributed by atoms with Crippen LogP contribution in [-0.4, -0.2) is 37.1 Å². The van der Waals surface area contributed by atoms with Gasteiger partial charge < -0.3 is 20.7 Å². The van der Waals surface area contributed by atoms with Crippen molar-refractivity contribution in [2.45, 2.75) is 12.8 Å². The van der Waals surface area contributed by atoms with Crippen LogP contribution in [0.5, 0.6) is 5.75 Å². The molecule has 6 heteroatoms. The van der Waals surface area contributed by atoms with Crippen molar-refractivity contribution in [3.05, 3.63) is 48.2 Å². The molecule has 1 aromatic heterocycles. The lowest BCUT2D eigenvalue weighted by Gasteiger charge is -2.19. The van der Waals surface area contributed by atoms with E-state index in [2.05, 4.69) is 15.2 Å². The topological polar surface area (TPSA) is 80.5 Å². The second kappa shape index (κ2) is 7.79. The van der Waals surface area contributed by atoms with Gasteiger partial charge in [-0.05, 0) is 49.2 Å². The molecule has 1 aromatic carbocycles. The first-order chi connectivity index (χ1) is 11.8. The molecular weight excluding hydrogens is 304 g/mol. The molecule has 1 fully saturated rings. The van der Waals surface area contributed by atoms with Crippen molar-refractivity contribution in [3.8, 4) is 5.75 Å². The average molecular weight is 326 g/mol. The maximum atomic E-state index is 12.6. The molecule has 1 amide bonds. The summed E-state index contributed by atoms with van der Waals surface area (Å²) in [7, 11) is 0. The van der Waals surface area contributed by atoms with E-state index in [1.54, 1.807) is 12.3 Å². The lowest BCUT2D eigenvalue weighted by atomic mass is 10.2. The third kappa shape index (κ3) is 3.83. The van der Waals surface area contributed by atoms with Crippen molar-refractivity contribution < 1.29 is 9.53 Å². The number of pyridine rings is 1. The largest absolute Gasteiger partial charge is 0.492 e. The molecule has 3 N–H and O–H groups in total. The zero-order valence-electron chi connectivity index (χ0n) is 13.6. The number of rotatable bonds is 6. The van der Waals surface area contributed by atoms with E-state index < -0.39 is 0 Å². The Kier molecular flexibility index (Phi) is 5.28. The van der Waals surface area contributed by atoms with Crippen molar-refractivity contribution >= 4 is 17.4 Å². The monoisotopic (exact) mass is 326 g/mol. The van der Waals surface area contributed by atoms with E-state index in [-0.39, 0.29) is 5.91 Å². The Hall–Kier alpha value is -2.60. The molecule has 2 heterocycles. The Bertz CT molecular complexity index is 682. The van der Waals surface area contributed by atoms with Gasteiger partial charge in [0.1, 0.15) is 18.2 Å². The summed E-state index contributed by atoms with van der Waals surface area (Å²) in [5.41, 5.74) is 6.73. The van der Waals surface area contributed by atoms with Crippen LogP contribution in [-0.2, 0) is 0 Å². The van der Waals surface area contributed by atoms with Crippen LogP contribution in [0.15, 0.2) is 42.6 Å². The minimum absolute atomic E-state index is 0.152. The molecule has 1 aliphatic rings. The van der Waals surface area contributed by atoms with Crippen molar-refractivity contribution in [2.24, 2.45) is 5.73 Å². The van der Waals surface area contributed by atoms with Gasteiger partial charge in [-0.15, -0.1) is 0 Å². The van der Waals surface area contributed by atoms with Gasteiger partial charge >= 0.3 is 0 Å². The second-order valence-electron chi connectivity index (χ2n) is 5.68. The number of nitrogens with one attached hydrogen (secondary N) is 1. The maximum Gasteiger partial charge on any atom is 0.259 e. The summed E-state index contributed by atoms with van der Waals surface area (Å²) in [4.78, 5) is 19.2. The fraction of sp³-hybridized carbons (Fsp3) is 0.333. The highest BCUT2D eigenvalue weighted by atomic mass is 16.5. The maximum absolute atomic E-state index is 12.6. The summed E-state index contributed by atoms with van der Waals surface area (Å²) < 4.78 is 5.43. The molecule has 24 heavy (non-hydrogen) atoms. The van der Waals surface area contributed by atoms with E-state index >= 15 is 0 Å². The van der Waals surface area contributed by atoms with Crippen LogP contribution in [0, 0.1) is 0 Å². The number of nitrogens with zero attached hydrogens (tertiary/aromatic N) is 2. The first-order valence-electron chi connectivity index (χ1n) is 8.22. The molecule has 1 aliphatic heterocycles. The molecule has 3 rings (SSSR count). The Morgan fingerprint density at radius 2 is 1.96 bits per heavy atom. The fourth-order valence-electron chi connectivity index (χ4n) is 2.76. The van der Waals surface area contributed by atoms with E-state index in [0.29, 0.717) is 18.7 Å². The number of aromatic nitrogens is 1. The molecule has 0 spiro atoms. The van der Waals surface area contributed by atoms with Gasteiger partial charge in [-0.25, -0.2) is 4.98 Å². The molecule has 6 nitrogen and oxygen atoms in total. The minimum atomic E-state index is -0.152. The van der Waals surface area contributed by atoms with Crippen LogP contribution < -0.4 is 20.7 Å². The smallest absolute Gasteiger partial charge is 0.259 e. The van der Waals surface area contributed by atoms with Crippen LogP contribution in [0.3, 0.4) is 0 Å². The predicted molar refractivity (Wildman–Crippen MR) is 94.6 cm³/mol. The Morgan fingerprint density at radius 1 is 1.21 bits per heavy atom. The highest BCUT2D eigenvalue weighted by Crippen LogP contribution is 2.23. The molecule has 0 bridgehead atoms. The van der Waals surface area contributed by atoms with E-state index in [0.717, 1.165) is 43.2 Å². The number of carbonyl (C=O) groups is 1. The molecule has 0 unspecified atom stereocenters. The third-order valence-electron chi connectivity index (χ3n) is 3.94. The van der Waals surface area contributed by atoms with E-state index in [4.69, 9.17) is 10.5 Å². The molecule has 0 aliphatic carbocycles. The van der Waals surface area contributed by atoms with Gasteiger partial charge in [0.15, 0.2) is 0 Å². The number of amides is 1. The number of nitrogens with two attached hydrogens (primary N) is 1. The number of carbonyl (C=O) groups excluding carboxylic acids is 1. The number of ether oxygens (including phenoxy) is 1. The normalized spacial score (nSPS) is 13.8. The van der Waals surface area contributed by atoms with E-state index in [1.165, 1.54) is 0 Å². The summed E-state index contributed by atoms with van der Waals surface area (Å²) in [6, 6.07) is 10.9. The van der Waals surface area contributed by atoms with Gasteiger partial charge in [0, 0.05) is 31.5 Å². The third-order valence-corrected chi connectivity index (χ3v) is 3.94. The van der Waals surface area contributed by atoms with Gasteiger partial charge in [0.2, 0.25) is 0 Å². The van der Waals surface area contributed by atoms with Crippen LogP contribution in [0.4, 0.5) is 11.5 Å². The summed E-state index contributed by atoms with van der Waals surface area (Å²) in [5, 5.41) is 2.92. The summed E-state index contributed by atoms with van der Waals surface area (Å²) in [6.45, 7) is 2.84. The zero-order valence-corrected chi connectivity index (χ0v) is 13.6. The molecule has 0 saturated carbocycles. The van der Waals surface area contributed by atoms with Gasteiger partial charge in [-0.3, -0.25) is 4.79 Å². The Morgan fingerprint density at radius 3 is 2.67 bits per heavy atom. The molecule has 2 aromatic rings. The van der Waals surface area contributed by atoms with Crippen molar-refractivity contribution in [2.75, 3.05) is 36.5 Å². The molecular formula is C18H22N4O2. The fourth-order valence-corrected chi connectivity index (χ4v) is 2.76. The SMILES string of the molecule is NCCOc1ccc(NC(=O)c2cccnc2N2CCCC2)cc1. The lowest BCUT2D eigenvalue weighted by molar-refractivity contribution is 0.102. The highest BCUT2D eigenvalue weighted by Gasteiger charge is 2.20. The number of hydrogen-bond donors (Lipinski definition) is 2. The van der Waals surface area contributed by atoms with Crippen molar-refractivity contribution in [1.82, 2.24) is 4.98 Å². The average Bonchev–Trinajstić information content (AvgIpc) is 3.15. The summed E-state index contributed by atoms with van der Waals surface area (Å²) >= 11 is 0. The van der Waals surface area contributed by atoms with Gasteiger partial charge in [0.05, 0.1) is 5.56 Å². The minimum Gasteiger partial charge on any atom is -0.492 e. The summed E-state index contributed by atoms with van der Waals surface area (Å²) in [6.07, 6.45) is 4.01. The molecule has 126 valence electrons. The Balaban J connectivity index is 1.71. The first kappa shape index (κ1) is 16.3. The standard InChI is InChI=1S/C18H22N4O2/c19-9-13-24-15-7-5-14(6-8-15)21-18(23)16-4-3-10-20-17(16)22-11-1-2-12-22/h3-8,10H,1-2,9,11-13,19H2,(H,21,23). The zero-order chi connectivity index (χ0) is 16.8. The lowest BCUT2D eigenvalue weighted by Crippen LogP contribution is -2.24.